The first-order valence-corrected chi connectivity index (χ1v) is 7.32. The van der Waals surface area contributed by atoms with Crippen LogP contribution in [0.2, 0.25) is 0 Å². The average molecular weight is 392 g/mol. The van der Waals surface area contributed by atoms with Crippen LogP contribution in [0.3, 0.4) is 0 Å². The summed E-state index contributed by atoms with van der Waals surface area (Å²) in [4.78, 5) is 4.35. The number of nitrogens with zero attached hydrogens (tertiary/aromatic N) is 3. The molecule has 0 amide bonds. The molecule has 20 heavy (non-hydrogen) atoms. The van der Waals surface area contributed by atoms with E-state index in [-0.39, 0.29) is 0 Å². The van der Waals surface area contributed by atoms with Gasteiger partial charge in [0.15, 0.2) is 0 Å². The summed E-state index contributed by atoms with van der Waals surface area (Å²) < 4.78 is 3.60. The number of nitrogen functional groups attached to an aromatic ring is 1. The SMILES string of the molecule is N#Cc1ccc(-n2c(N)nc3ccc(Br)cc32)c(Br)c1. The topological polar surface area (TPSA) is 67.6 Å². The molecule has 0 bridgehead atoms. The molecule has 0 radical (unpaired) electrons. The fourth-order valence-corrected chi connectivity index (χ4v) is 2.98. The second kappa shape index (κ2) is 4.93. The Labute approximate surface area is 132 Å². The van der Waals surface area contributed by atoms with Crippen LogP contribution in [0.5, 0.6) is 0 Å². The van der Waals surface area contributed by atoms with Gasteiger partial charge in [-0.1, -0.05) is 15.9 Å². The number of rotatable bonds is 1. The van der Waals surface area contributed by atoms with Gasteiger partial charge in [-0.2, -0.15) is 5.26 Å². The van der Waals surface area contributed by atoms with Gasteiger partial charge in [-0.05, 0) is 52.3 Å². The lowest BCUT2D eigenvalue weighted by Gasteiger charge is -2.09. The molecule has 0 aliphatic heterocycles. The number of imidazole rings is 1. The third-order valence-corrected chi connectivity index (χ3v) is 4.09. The maximum atomic E-state index is 8.93. The van der Waals surface area contributed by atoms with E-state index >= 15 is 0 Å². The van der Waals surface area contributed by atoms with Gasteiger partial charge >= 0.3 is 0 Å². The van der Waals surface area contributed by atoms with Gasteiger partial charge in [0, 0.05) is 8.95 Å². The Morgan fingerprint density at radius 3 is 2.65 bits per heavy atom. The van der Waals surface area contributed by atoms with E-state index in [1.165, 1.54) is 0 Å². The Bertz CT molecular complexity index is 861. The summed E-state index contributed by atoms with van der Waals surface area (Å²) in [7, 11) is 0. The molecule has 0 unspecified atom stereocenters. The molecule has 1 aromatic heterocycles. The highest BCUT2D eigenvalue weighted by atomic mass is 79.9. The zero-order valence-electron chi connectivity index (χ0n) is 10.1. The molecule has 6 heteroatoms. The maximum Gasteiger partial charge on any atom is 0.205 e. The van der Waals surface area contributed by atoms with Crippen molar-refractivity contribution in [2.75, 3.05) is 5.73 Å². The lowest BCUT2D eigenvalue weighted by Crippen LogP contribution is -2.01. The molecule has 2 aromatic carbocycles. The Kier molecular flexibility index (Phi) is 3.24. The summed E-state index contributed by atoms with van der Waals surface area (Å²) >= 11 is 6.93. The highest BCUT2D eigenvalue weighted by Gasteiger charge is 2.13. The number of aromatic nitrogens is 2. The van der Waals surface area contributed by atoms with E-state index in [0.717, 1.165) is 25.7 Å². The van der Waals surface area contributed by atoms with Gasteiger partial charge < -0.3 is 5.73 Å². The van der Waals surface area contributed by atoms with Crippen LogP contribution < -0.4 is 5.73 Å². The van der Waals surface area contributed by atoms with Crippen molar-refractivity contribution in [2.24, 2.45) is 0 Å². The van der Waals surface area contributed by atoms with E-state index < -0.39 is 0 Å². The fourth-order valence-electron chi connectivity index (χ4n) is 2.08. The monoisotopic (exact) mass is 390 g/mol. The van der Waals surface area contributed by atoms with Crippen molar-refractivity contribution in [3.63, 3.8) is 0 Å². The third-order valence-electron chi connectivity index (χ3n) is 2.96. The van der Waals surface area contributed by atoms with Crippen molar-refractivity contribution >= 4 is 48.8 Å². The molecule has 0 saturated heterocycles. The number of hydrogen-bond donors (Lipinski definition) is 1. The Balaban J connectivity index is 2.32. The van der Waals surface area contributed by atoms with Gasteiger partial charge in [0.05, 0.1) is 28.4 Å². The van der Waals surface area contributed by atoms with Gasteiger partial charge in [-0.3, -0.25) is 4.57 Å². The number of halogens is 2. The van der Waals surface area contributed by atoms with Crippen molar-refractivity contribution in [1.82, 2.24) is 9.55 Å². The first-order valence-electron chi connectivity index (χ1n) is 5.73. The molecule has 0 saturated carbocycles. The number of nitrogens with two attached hydrogens (primary N) is 1. The molecule has 0 aliphatic carbocycles. The summed E-state index contributed by atoms with van der Waals surface area (Å²) in [5, 5.41) is 8.93. The fraction of sp³-hybridized carbons (Fsp3) is 0. The van der Waals surface area contributed by atoms with E-state index in [0.29, 0.717) is 11.5 Å². The summed E-state index contributed by atoms with van der Waals surface area (Å²) in [6.45, 7) is 0. The molecule has 2 N–H and O–H groups in total. The standard InChI is InChI=1S/C14H8Br2N4/c15-9-2-3-11-13(6-9)20(14(18)19-11)12-4-1-8(7-17)5-10(12)16/h1-6H,(H2,18,19). The number of hydrogen-bond acceptors (Lipinski definition) is 3. The average Bonchev–Trinajstić information content (AvgIpc) is 2.74. The first-order chi connectivity index (χ1) is 9.60. The second-order valence-electron chi connectivity index (χ2n) is 4.22. The molecular weight excluding hydrogens is 384 g/mol. The second-order valence-corrected chi connectivity index (χ2v) is 5.99. The zero-order chi connectivity index (χ0) is 14.3. The predicted octanol–water partition coefficient (Wildman–Crippen LogP) is 4.00. The largest absolute Gasteiger partial charge is 0.369 e. The van der Waals surface area contributed by atoms with Crippen molar-refractivity contribution in [1.29, 1.82) is 5.26 Å². The minimum absolute atomic E-state index is 0.406. The van der Waals surface area contributed by atoms with E-state index in [1.54, 1.807) is 12.1 Å². The van der Waals surface area contributed by atoms with E-state index in [2.05, 4.69) is 42.9 Å². The van der Waals surface area contributed by atoms with Crippen LogP contribution in [0.4, 0.5) is 5.95 Å². The van der Waals surface area contributed by atoms with Gasteiger partial charge in [0.25, 0.3) is 0 Å². The van der Waals surface area contributed by atoms with Gasteiger partial charge in [0.1, 0.15) is 0 Å². The summed E-state index contributed by atoms with van der Waals surface area (Å²) in [5.74, 6) is 0.406. The number of nitriles is 1. The molecule has 4 nitrogen and oxygen atoms in total. The van der Waals surface area contributed by atoms with Crippen LogP contribution in [-0.2, 0) is 0 Å². The highest BCUT2D eigenvalue weighted by molar-refractivity contribution is 9.10. The zero-order valence-corrected chi connectivity index (χ0v) is 13.3. The highest BCUT2D eigenvalue weighted by Crippen LogP contribution is 2.30. The molecule has 0 aliphatic rings. The van der Waals surface area contributed by atoms with Crippen LogP contribution >= 0.6 is 31.9 Å². The van der Waals surface area contributed by atoms with E-state index in [9.17, 15) is 0 Å². The van der Waals surface area contributed by atoms with Crippen molar-refractivity contribution in [3.8, 4) is 11.8 Å². The Morgan fingerprint density at radius 2 is 1.95 bits per heavy atom. The van der Waals surface area contributed by atoms with Crippen molar-refractivity contribution in [3.05, 3.63) is 50.9 Å². The van der Waals surface area contributed by atoms with Crippen molar-refractivity contribution < 1.29 is 0 Å². The third kappa shape index (κ3) is 2.09. The van der Waals surface area contributed by atoms with Crippen LogP contribution in [0.1, 0.15) is 5.56 Å². The quantitative estimate of drug-likeness (QED) is 0.681. The number of anilines is 1. The normalized spacial score (nSPS) is 10.7. The lowest BCUT2D eigenvalue weighted by atomic mass is 10.2. The summed E-state index contributed by atoms with van der Waals surface area (Å²) in [6, 6.07) is 13.3. The van der Waals surface area contributed by atoms with Gasteiger partial charge in [-0.25, -0.2) is 4.98 Å². The number of benzene rings is 2. The van der Waals surface area contributed by atoms with Crippen LogP contribution in [0.15, 0.2) is 45.3 Å². The molecule has 3 aromatic rings. The number of fused-ring (bicyclic) bond motifs is 1. The smallest absolute Gasteiger partial charge is 0.205 e. The molecule has 0 atom stereocenters. The summed E-state index contributed by atoms with van der Waals surface area (Å²) in [5.41, 5.74) is 9.19. The minimum atomic E-state index is 0.406. The molecule has 3 rings (SSSR count). The minimum Gasteiger partial charge on any atom is -0.369 e. The Morgan fingerprint density at radius 1 is 1.15 bits per heavy atom. The maximum absolute atomic E-state index is 8.93. The summed E-state index contributed by atoms with van der Waals surface area (Å²) in [6.07, 6.45) is 0. The van der Waals surface area contributed by atoms with Crippen LogP contribution in [0.25, 0.3) is 16.7 Å². The molecule has 0 fully saturated rings. The molecule has 1 heterocycles. The molecule has 98 valence electrons. The van der Waals surface area contributed by atoms with Gasteiger partial charge in [-0.15, -0.1) is 0 Å². The predicted molar refractivity (Wildman–Crippen MR) is 85.6 cm³/mol. The molecule has 0 spiro atoms. The van der Waals surface area contributed by atoms with Crippen LogP contribution in [-0.4, -0.2) is 9.55 Å². The lowest BCUT2D eigenvalue weighted by molar-refractivity contribution is 1.10. The first kappa shape index (κ1) is 13.2. The van der Waals surface area contributed by atoms with Crippen LogP contribution in [0, 0.1) is 11.3 Å². The van der Waals surface area contributed by atoms with E-state index in [1.807, 2.05) is 28.8 Å². The Hall–Kier alpha value is -1.84. The van der Waals surface area contributed by atoms with Crippen molar-refractivity contribution in [2.45, 2.75) is 0 Å². The van der Waals surface area contributed by atoms with Gasteiger partial charge in [0.2, 0.25) is 5.95 Å². The molecular formula is C14H8Br2N4. The van der Waals surface area contributed by atoms with E-state index in [4.69, 9.17) is 11.0 Å².